The van der Waals surface area contributed by atoms with Gasteiger partial charge in [0.2, 0.25) is 4.33 Å². The summed E-state index contributed by atoms with van der Waals surface area (Å²) in [6.07, 6.45) is 1.32. The zero-order valence-corrected chi connectivity index (χ0v) is 14.9. The highest BCUT2D eigenvalue weighted by Crippen LogP contribution is 2.37. The van der Waals surface area contributed by atoms with E-state index in [-0.39, 0.29) is 17.2 Å². The number of halogens is 2. The predicted octanol–water partition coefficient (Wildman–Crippen LogP) is 4.39. The van der Waals surface area contributed by atoms with Crippen molar-refractivity contribution in [2.75, 3.05) is 0 Å². The van der Waals surface area contributed by atoms with E-state index in [9.17, 15) is 19.7 Å². The van der Waals surface area contributed by atoms with Gasteiger partial charge in [-0.2, -0.15) is 0 Å². The average molecular weight is 390 g/mol. The second-order valence-electron chi connectivity index (χ2n) is 5.16. The zero-order valence-electron chi connectivity index (χ0n) is 12.6. The number of nitro groups is 1. The number of carbonyl (C=O) groups excluding carboxylic acids is 2. The maximum atomic E-state index is 12.2. The number of esters is 1. The lowest BCUT2D eigenvalue weighted by atomic mass is 10.0. The van der Waals surface area contributed by atoms with Crippen molar-refractivity contribution in [1.29, 1.82) is 0 Å². The van der Waals surface area contributed by atoms with Crippen LogP contribution in [-0.2, 0) is 14.3 Å². The fraction of sp³-hybridized carbons (Fsp3) is 0.333. The number of hydrogen-bond acceptors (Lipinski definition) is 6. The molecule has 0 saturated heterocycles. The average Bonchev–Trinajstić information content (AvgIpc) is 2.50. The van der Waals surface area contributed by atoms with Crippen molar-refractivity contribution in [3.8, 4) is 0 Å². The minimum absolute atomic E-state index is 0.0463. The van der Waals surface area contributed by atoms with Gasteiger partial charge in [-0.3, -0.25) is 14.9 Å². The summed E-state index contributed by atoms with van der Waals surface area (Å²) in [6, 6.07) is 5.75. The van der Waals surface area contributed by atoms with Crippen LogP contribution >= 0.6 is 35.0 Å². The minimum atomic E-state index is -1.71. The molecule has 6 nitrogen and oxygen atoms in total. The van der Waals surface area contributed by atoms with Gasteiger partial charge in [0.15, 0.2) is 5.78 Å². The Morgan fingerprint density at radius 1 is 1.29 bits per heavy atom. The summed E-state index contributed by atoms with van der Waals surface area (Å²) in [6.45, 7) is 1.28. The molecule has 0 amide bonds. The van der Waals surface area contributed by atoms with E-state index in [0.717, 1.165) is 11.8 Å². The molecule has 2 rings (SSSR count). The molecule has 1 aliphatic carbocycles. The maximum Gasteiger partial charge on any atom is 0.347 e. The Labute approximate surface area is 152 Å². The molecule has 128 valence electrons. The molecule has 0 heterocycles. The van der Waals surface area contributed by atoms with Gasteiger partial charge in [-0.15, -0.1) is 0 Å². The topological polar surface area (TPSA) is 86.5 Å². The lowest BCUT2D eigenvalue weighted by molar-refractivity contribution is -0.384. The lowest BCUT2D eigenvalue weighted by Gasteiger charge is -2.20. The number of hydrogen-bond donors (Lipinski definition) is 0. The number of non-ortho nitro benzene ring substituents is 1. The summed E-state index contributed by atoms with van der Waals surface area (Å²) in [5.41, 5.74) is -0.0463. The molecule has 24 heavy (non-hydrogen) atoms. The Morgan fingerprint density at radius 2 is 1.92 bits per heavy atom. The summed E-state index contributed by atoms with van der Waals surface area (Å²) in [7, 11) is 0. The Morgan fingerprint density at radius 3 is 2.46 bits per heavy atom. The van der Waals surface area contributed by atoms with Crippen LogP contribution in [0.3, 0.4) is 0 Å². The van der Waals surface area contributed by atoms with Gasteiger partial charge in [-0.05, 0) is 25.5 Å². The second kappa shape index (κ2) is 7.55. The number of ketones is 1. The molecule has 0 unspecified atom stereocenters. The Balaban J connectivity index is 2.26. The Bertz CT molecular complexity index is 710. The van der Waals surface area contributed by atoms with E-state index in [1.54, 1.807) is 0 Å². The fourth-order valence-electron chi connectivity index (χ4n) is 1.96. The molecule has 0 aliphatic heterocycles. The molecule has 1 aromatic rings. The highest BCUT2D eigenvalue weighted by atomic mass is 35.5. The summed E-state index contributed by atoms with van der Waals surface area (Å²) in [5, 5.41) is 10.7. The van der Waals surface area contributed by atoms with Crippen LogP contribution in [0.2, 0.25) is 0 Å². The number of ether oxygens (including phenoxy) is 1. The number of allylic oxidation sites excluding steroid dienone is 2. The zero-order chi connectivity index (χ0) is 17.9. The molecule has 1 aromatic carbocycles. The van der Waals surface area contributed by atoms with E-state index < -0.39 is 15.2 Å². The van der Waals surface area contributed by atoms with Gasteiger partial charge in [0.25, 0.3) is 5.69 Å². The maximum absolute atomic E-state index is 12.2. The van der Waals surface area contributed by atoms with E-state index in [1.165, 1.54) is 31.2 Å². The highest BCUT2D eigenvalue weighted by Gasteiger charge is 2.33. The molecule has 0 aromatic heterocycles. The Kier molecular flexibility index (Phi) is 5.90. The van der Waals surface area contributed by atoms with Crippen molar-refractivity contribution in [1.82, 2.24) is 0 Å². The molecule has 0 radical (unpaired) electrons. The van der Waals surface area contributed by atoms with Crippen LogP contribution in [0.15, 0.2) is 39.8 Å². The first-order valence-corrected chi connectivity index (χ1v) is 8.54. The summed E-state index contributed by atoms with van der Waals surface area (Å²) in [4.78, 5) is 35.1. The summed E-state index contributed by atoms with van der Waals surface area (Å²) in [5.74, 6) is -0.775. The van der Waals surface area contributed by atoms with Gasteiger partial charge in [-0.1, -0.05) is 35.0 Å². The van der Waals surface area contributed by atoms with E-state index in [1.807, 2.05) is 0 Å². The number of rotatable bonds is 5. The molecule has 0 bridgehead atoms. The van der Waals surface area contributed by atoms with Crippen molar-refractivity contribution in [2.24, 2.45) is 0 Å². The quantitative estimate of drug-likeness (QED) is 0.321. The third-order valence-electron chi connectivity index (χ3n) is 3.16. The van der Waals surface area contributed by atoms with Crippen molar-refractivity contribution >= 4 is 52.4 Å². The van der Waals surface area contributed by atoms with Crippen molar-refractivity contribution in [2.45, 2.75) is 35.4 Å². The van der Waals surface area contributed by atoms with Crippen molar-refractivity contribution < 1.29 is 19.2 Å². The number of carbonyl (C=O) groups is 2. The normalized spacial score (nSPS) is 15.4. The second-order valence-corrected chi connectivity index (χ2v) is 7.95. The van der Waals surface area contributed by atoms with E-state index in [2.05, 4.69) is 0 Å². The van der Waals surface area contributed by atoms with E-state index in [0.29, 0.717) is 29.1 Å². The minimum Gasteiger partial charge on any atom is -0.428 e. The van der Waals surface area contributed by atoms with Crippen molar-refractivity contribution in [3.05, 3.63) is 45.0 Å². The monoisotopic (exact) mass is 389 g/mol. The van der Waals surface area contributed by atoms with Gasteiger partial charge in [-0.25, -0.2) is 4.79 Å². The predicted molar refractivity (Wildman–Crippen MR) is 91.0 cm³/mol. The molecule has 9 heteroatoms. The van der Waals surface area contributed by atoms with Gasteiger partial charge in [0.05, 0.1) is 9.83 Å². The molecule has 0 fully saturated rings. The van der Waals surface area contributed by atoms with Crippen LogP contribution < -0.4 is 0 Å². The van der Waals surface area contributed by atoms with E-state index >= 15 is 0 Å². The summed E-state index contributed by atoms with van der Waals surface area (Å²) < 4.78 is 3.49. The fourth-order valence-corrected chi connectivity index (χ4v) is 3.02. The molecule has 1 aliphatic rings. The van der Waals surface area contributed by atoms with Gasteiger partial charge in [0.1, 0.15) is 5.76 Å². The number of benzene rings is 1. The molecule has 0 spiro atoms. The van der Waals surface area contributed by atoms with Crippen molar-refractivity contribution in [3.63, 3.8) is 0 Å². The first-order valence-electron chi connectivity index (χ1n) is 6.97. The van der Waals surface area contributed by atoms with Crippen LogP contribution in [0.4, 0.5) is 5.69 Å². The number of Topliss-reactive ketones (excluding diaryl/α,β-unsaturated/α-hetero) is 1. The first kappa shape index (κ1) is 18.8. The smallest absolute Gasteiger partial charge is 0.347 e. The molecule has 0 saturated carbocycles. The number of alkyl halides is 2. The van der Waals surface area contributed by atoms with E-state index in [4.69, 9.17) is 27.9 Å². The highest BCUT2D eigenvalue weighted by molar-refractivity contribution is 8.04. The van der Waals surface area contributed by atoms with Crippen LogP contribution in [-0.4, -0.2) is 21.0 Å². The summed E-state index contributed by atoms with van der Waals surface area (Å²) >= 11 is 12.5. The first-order chi connectivity index (χ1) is 11.2. The third kappa shape index (κ3) is 4.72. The van der Waals surface area contributed by atoms with Gasteiger partial charge in [0, 0.05) is 29.9 Å². The molecular weight excluding hydrogens is 377 g/mol. The molecule has 0 N–H and O–H groups in total. The standard InChI is InChI=1S/C15H13Cl2NO5S/c1-15(16,17)14(20)23-12-4-2-3-11(19)13(12)24-10-7-5-9(6-8-10)18(21)22/h5-8H,2-4H2,1H3. The number of nitrogens with zero attached hydrogens (tertiary/aromatic N) is 1. The van der Waals surface area contributed by atoms with Gasteiger partial charge >= 0.3 is 5.97 Å². The SMILES string of the molecule is CC(Cl)(Cl)C(=O)OC1=C(Sc2ccc([N+](=O)[O-])cc2)C(=O)CCC1. The molecule has 0 atom stereocenters. The van der Waals surface area contributed by atoms with Crippen LogP contribution in [0, 0.1) is 10.1 Å². The third-order valence-corrected chi connectivity index (χ3v) is 4.63. The molecular formula is C15H13Cl2NO5S. The number of thioether (sulfide) groups is 1. The number of nitro benzene ring substituents is 1. The largest absolute Gasteiger partial charge is 0.428 e. The Hall–Kier alpha value is -1.57. The van der Waals surface area contributed by atoms with Crippen LogP contribution in [0.1, 0.15) is 26.2 Å². The van der Waals surface area contributed by atoms with Gasteiger partial charge < -0.3 is 4.74 Å². The van der Waals surface area contributed by atoms with Crippen LogP contribution in [0.5, 0.6) is 0 Å². The van der Waals surface area contributed by atoms with Crippen LogP contribution in [0.25, 0.3) is 0 Å². The lowest BCUT2D eigenvalue weighted by Crippen LogP contribution is -2.26.